The van der Waals surface area contributed by atoms with E-state index >= 15 is 0 Å². The maximum atomic E-state index is 12.7. The maximum Gasteiger partial charge on any atom is 0.223 e. The largest absolute Gasteiger partial charge is 0.357 e. The highest BCUT2D eigenvalue weighted by molar-refractivity contribution is 7.16. The van der Waals surface area contributed by atoms with E-state index in [4.69, 9.17) is 23.2 Å². The highest BCUT2D eigenvalue weighted by atomic mass is 35.5. The molecule has 1 aliphatic rings. The Hall–Kier alpha value is -1.93. The first-order chi connectivity index (χ1) is 14.9. The molecule has 0 aliphatic carbocycles. The molecule has 164 valence electrons. The van der Waals surface area contributed by atoms with Gasteiger partial charge < -0.3 is 15.6 Å². The van der Waals surface area contributed by atoms with Gasteiger partial charge in [0.25, 0.3) is 0 Å². The van der Waals surface area contributed by atoms with Gasteiger partial charge in [-0.3, -0.25) is 14.6 Å². The van der Waals surface area contributed by atoms with Crippen LogP contribution >= 0.6 is 34.5 Å². The number of nitrogens with zero attached hydrogens (tertiary/aromatic N) is 1. The van der Waals surface area contributed by atoms with E-state index in [0.29, 0.717) is 21.8 Å². The fraction of sp³-hybridized carbons (Fsp3) is 0.409. The average molecular weight is 479 g/mol. The van der Waals surface area contributed by atoms with Gasteiger partial charge in [-0.05, 0) is 43.5 Å². The van der Waals surface area contributed by atoms with Gasteiger partial charge in [0, 0.05) is 46.2 Å². The molecule has 6 nitrogen and oxygen atoms in total. The van der Waals surface area contributed by atoms with Crippen LogP contribution in [0.15, 0.2) is 30.6 Å². The standard InChI is InChI=1S/C22H24Cl2N4O2S/c1-12(22(30)27-11-15-7-14-10-25-3-2-18(14)28-15)4-20(29)19-6-13(9-26-19)5-16-8-17(23)21(24)31-16/h2-3,7-8,10,12-13,19,26,28H,4-6,9,11H2,1H3,(H,27,30)/t12-,13+,19-/m1/s1. The molecule has 0 spiro atoms. The topological polar surface area (TPSA) is 86.9 Å². The normalized spacial score (nSPS) is 19.6. The Balaban J connectivity index is 1.23. The van der Waals surface area contributed by atoms with Crippen LogP contribution < -0.4 is 10.6 Å². The number of aromatic nitrogens is 2. The minimum absolute atomic E-state index is 0.0871. The van der Waals surface area contributed by atoms with Gasteiger partial charge in [-0.25, -0.2) is 0 Å². The highest BCUT2D eigenvalue weighted by Crippen LogP contribution is 2.34. The molecule has 3 atom stereocenters. The SMILES string of the molecule is C[C@H](CC(=O)[C@H]1C[C@H](Cc2cc(Cl)c(Cl)s2)CN1)C(=O)NCc1cc2cnccc2[nH]1. The van der Waals surface area contributed by atoms with E-state index in [0.717, 1.165) is 40.9 Å². The molecule has 4 heterocycles. The first kappa shape index (κ1) is 22.3. The molecule has 1 aliphatic heterocycles. The Kier molecular flexibility index (Phi) is 6.96. The van der Waals surface area contributed by atoms with Gasteiger partial charge in [0.05, 0.1) is 17.6 Å². The monoisotopic (exact) mass is 478 g/mol. The van der Waals surface area contributed by atoms with Gasteiger partial charge in [-0.2, -0.15) is 0 Å². The van der Waals surface area contributed by atoms with Crippen LogP contribution in [0.1, 0.15) is 30.3 Å². The van der Waals surface area contributed by atoms with Gasteiger partial charge in [-0.1, -0.05) is 30.1 Å². The van der Waals surface area contributed by atoms with Crippen molar-refractivity contribution in [2.24, 2.45) is 11.8 Å². The summed E-state index contributed by atoms with van der Waals surface area (Å²) < 4.78 is 0.610. The summed E-state index contributed by atoms with van der Waals surface area (Å²) in [5, 5.41) is 7.82. The molecule has 4 rings (SSSR count). The zero-order chi connectivity index (χ0) is 22.0. The lowest BCUT2D eigenvalue weighted by Crippen LogP contribution is -2.35. The van der Waals surface area contributed by atoms with E-state index in [9.17, 15) is 9.59 Å². The third kappa shape index (κ3) is 5.47. The number of amides is 1. The van der Waals surface area contributed by atoms with Crippen molar-refractivity contribution in [2.75, 3.05) is 6.54 Å². The molecule has 1 fully saturated rings. The molecule has 0 saturated carbocycles. The Morgan fingerprint density at radius 3 is 2.94 bits per heavy atom. The number of carbonyl (C=O) groups excluding carboxylic acids is 2. The molecule has 1 amide bonds. The van der Waals surface area contributed by atoms with E-state index in [1.54, 1.807) is 19.3 Å². The second-order valence-electron chi connectivity index (χ2n) is 8.15. The first-order valence-corrected chi connectivity index (χ1v) is 11.9. The zero-order valence-electron chi connectivity index (χ0n) is 17.1. The number of halogens is 2. The third-order valence-corrected chi connectivity index (χ3v) is 7.57. The van der Waals surface area contributed by atoms with Crippen molar-refractivity contribution in [3.8, 4) is 0 Å². The van der Waals surface area contributed by atoms with E-state index in [1.807, 2.05) is 18.2 Å². The number of Topliss-reactive ketones (excluding diaryl/α,β-unsaturated/α-hetero) is 1. The predicted molar refractivity (Wildman–Crippen MR) is 125 cm³/mol. The number of thiophene rings is 1. The van der Waals surface area contributed by atoms with Crippen LogP contribution in [0.2, 0.25) is 9.36 Å². The van der Waals surface area contributed by atoms with Crippen molar-refractivity contribution in [3.63, 3.8) is 0 Å². The number of fused-ring (bicyclic) bond motifs is 1. The molecule has 1 saturated heterocycles. The summed E-state index contributed by atoms with van der Waals surface area (Å²) in [6.45, 7) is 2.96. The van der Waals surface area contributed by atoms with Crippen molar-refractivity contribution in [3.05, 3.63) is 50.5 Å². The molecule has 0 aromatic carbocycles. The van der Waals surface area contributed by atoms with Gasteiger partial charge >= 0.3 is 0 Å². The summed E-state index contributed by atoms with van der Waals surface area (Å²) in [6, 6.07) is 5.56. The summed E-state index contributed by atoms with van der Waals surface area (Å²) in [4.78, 5) is 33.7. The summed E-state index contributed by atoms with van der Waals surface area (Å²) >= 11 is 13.6. The lowest BCUT2D eigenvalue weighted by Gasteiger charge is -2.14. The van der Waals surface area contributed by atoms with Crippen LogP contribution in [0.25, 0.3) is 10.9 Å². The summed E-state index contributed by atoms with van der Waals surface area (Å²) in [6.07, 6.45) is 5.35. The number of pyridine rings is 1. The van der Waals surface area contributed by atoms with Gasteiger partial charge in [0.15, 0.2) is 5.78 Å². The molecule has 0 radical (unpaired) electrons. The van der Waals surface area contributed by atoms with Crippen molar-refractivity contribution in [2.45, 2.75) is 38.8 Å². The minimum atomic E-state index is -0.380. The number of hydrogen-bond donors (Lipinski definition) is 3. The minimum Gasteiger partial charge on any atom is -0.357 e. The fourth-order valence-electron chi connectivity index (χ4n) is 4.01. The Labute approximate surface area is 194 Å². The van der Waals surface area contributed by atoms with E-state index in [2.05, 4.69) is 20.6 Å². The van der Waals surface area contributed by atoms with E-state index in [1.165, 1.54) is 11.3 Å². The van der Waals surface area contributed by atoms with Crippen LogP contribution in [0, 0.1) is 11.8 Å². The maximum absolute atomic E-state index is 12.7. The summed E-state index contributed by atoms with van der Waals surface area (Å²) in [5.41, 5.74) is 1.89. The number of H-pyrrole nitrogens is 1. The van der Waals surface area contributed by atoms with Crippen LogP contribution in [0.3, 0.4) is 0 Å². The van der Waals surface area contributed by atoms with Crippen molar-refractivity contribution < 1.29 is 9.59 Å². The first-order valence-electron chi connectivity index (χ1n) is 10.3. The highest BCUT2D eigenvalue weighted by Gasteiger charge is 2.31. The van der Waals surface area contributed by atoms with Gasteiger partial charge in [0.2, 0.25) is 5.91 Å². The molecule has 9 heteroatoms. The molecule has 3 aromatic heterocycles. The van der Waals surface area contributed by atoms with Crippen molar-refractivity contribution >= 4 is 57.1 Å². The lowest BCUT2D eigenvalue weighted by atomic mass is 9.94. The number of aromatic amines is 1. The van der Waals surface area contributed by atoms with Crippen LogP contribution in [0.5, 0.6) is 0 Å². The summed E-state index contributed by atoms with van der Waals surface area (Å²) in [5.74, 6) is -0.0544. The smallest absolute Gasteiger partial charge is 0.223 e. The number of ketones is 1. The molecule has 0 unspecified atom stereocenters. The molecule has 3 N–H and O–H groups in total. The van der Waals surface area contributed by atoms with Crippen LogP contribution in [0.4, 0.5) is 0 Å². The third-order valence-electron chi connectivity index (χ3n) is 5.68. The Morgan fingerprint density at radius 2 is 2.19 bits per heavy atom. The molecule has 31 heavy (non-hydrogen) atoms. The van der Waals surface area contributed by atoms with Gasteiger partial charge in [-0.15, -0.1) is 11.3 Å². The van der Waals surface area contributed by atoms with Gasteiger partial charge in [0.1, 0.15) is 4.34 Å². The molecule has 0 bridgehead atoms. The number of carbonyl (C=O) groups is 2. The second-order valence-corrected chi connectivity index (χ2v) is 10.3. The van der Waals surface area contributed by atoms with E-state index in [-0.39, 0.29) is 30.1 Å². The molecule has 3 aromatic rings. The van der Waals surface area contributed by atoms with E-state index < -0.39 is 0 Å². The molecular formula is C22H24Cl2N4O2S. The number of hydrogen-bond acceptors (Lipinski definition) is 5. The summed E-state index contributed by atoms with van der Waals surface area (Å²) in [7, 11) is 0. The quantitative estimate of drug-likeness (QED) is 0.448. The van der Waals surface area contributed by atoms with Crippen molar-refractivity contribution in [1.82, 2.24) is 20.6 Å². The Morgan fingerprint density at radius 1 is 1.35 bits per heavy atom. The molecular weight excluding hydrogens is 455 g/mol. The van der Waals surface area contributed by atoms with Crippen LogP contribution in [-0.4, -0.2) is 34.2 Å². The fourth-order valence-corrected chi connectivity index (χ4v) is 5.55. The van der Waals surface area contributed by atoms with Crippen LogP contribution in [-0.2, 0) is 22.6 Å². The Bertz CT molecular complexity index is 1040. The number of nitrogens with one attached hydrogen (secondary N) is 3. The zero-order valence-corrected chi connectivity index (χ0v) is 19.4. The average Bonchev–Trinajstić information content (AvgIpc) is 3.45. The lowest BCUT2D eigenvalue weighted by molar-refractivity contribution is -0.129. The number of rotatable bonds is 8. The van der Waals surface area contributed by atoms with Crippen molar-refractivity contribution in [1.29, 1.82) is 0 Å². The second kappa shape index (κ2) is 9.69. The predicted octanol–water partition coefficient (Wildman–Crippen LogP) is 4.36.